The first-order valence-electron chi connectivity index (χ1n) is 7.55. The maximum absolute atomic E-state index is 11.7. The van der Waals surface area contributed by atoms with E-state index in [0.29, 0.717) is 0 Å². The van der Waals surface area contributed by atoms with E-state index in [1.54, 1.807) is 14.0 Å². The number of amides is 1. The lowest BCUT2D eigenvalue weighted by Gasteiger charge is -2.51. The minimum absolute atomic E-state index is 0.0262. The van der Waals surface area contributed by atoms with Crippen LogP contribution in [0.2, 0.25) is 0 Å². The van der Waals surface area contributed by atoms with Crippen molar-refractivity contribution >= 4 is 29.4 Å². The summed E-state index contributed by atoms with van der Waals surface area (Å²) in [5.74, 6) is 2.16. The summed E-state index contributed by atoms with van der Waals surface area (Å²) in [7, 11) is 1.62. The van der Waals surface area contributed by atoms with Gasteiger partial charge >= 0.3 is 0 Å². The number of hydrogen-bond donors (Lipinski definition) is 1. The van der Waals surface area contributed by atoms with Crippen molar-refractivity contribution < 1.29 is 23.7 Å². The van der Waals surface area contributed by atoms with Crippen LogP contribution in [0.15, 0.2) is 0 Å². The van der Waals surface area contributed by atoms with Gasteiger partial charge in [-0.3, -0.25) is 4.79 Å². The Hall–Kier alpha value is 0.01000. The molecule has 126 valence electrons. The van der Waals surface area contributed by atoms with Crippen molar-refractivity contribution in [2.45, 2.75) is 48.2 Å². The topological polar surface area (TPSA) is 66.0 Å². The summed E-state index contributed by atoms with van der Waals surface area (Å²) in [5.41, 5.74) is 0. The molecule has 1 amide bonds. The van der Waals surface area contributed by atoms with Gasteiger partial charge in [0.2, 0.25) is 5.91 Å². The van der Waals surface area contributed by atoms with Crippen LogP contribution in [0.4, 0.5) is 0 Å². The number of ether oxygens (including phenoxy) is 4. The summed E-state index contributed by atoms with van der Waals surface area (Å²) in [6, 6.07) is -0.0600. The number of hydrogen-bond acceptors (Lipinski definition) is 7. The molecular weight excluding hydrogens is 326 g/mol. The van der Waals surface area contributed by atoms with Gasteiger partial charge in [0.1, 0.15) is 25.8 Å². The minimum atomic E-state index is -0.169. The Labute approximate surface area is 139 Å². The van der Waals surface area contributed by atoms with E-state index in [0.717, 1.165) is 17.9 Å². The lowest BCUT2D eigenvalue weighted by Crippen LogP contribution is -2.65. The fourth-order valence-corrected chi connectivity index (χ4v) is 6.97. The Morgan fingerprint density at radius 1 is 1.32 bits per heavy atom. The molecule has 0 aromatic rings. The molecule has 2 heterocycles. The summed E-state index contributed by atoms with van der Waals surface area (Å²) >= 11 is 3.83. The van der Waals surface area contributed by atoms with Gasteiger partial charge in [-0.2, -0.15) is 0 Å². The third-order valence-electron chi connectivity index (χ3n) is 4.24. The van der Waals surface area contributed by atoms with Gasteiger partial charge < -0.3 is 24.3 Å². The van der Waals surface area contributed by atoms with Gasteiger partial charge in [-0.05, 0) is 17.9 Å². The van der Waals surface area contributed by atoms with Crippen LogP contribution in [0, 0.1) is 0 Å². The number of carbonyl (C=O) groups excluding carboxylic acids is 1. The Morgan fingerprint density at radius 3 is 2.73 bits per heavy atom. The molecule has 8 heteroatoms. The number of methoxy groups -OCH3 is 1. The van der Waals surface area contributed by atoms with Gasteiger partial charge in [-0.15, -0.1) is 23.5 Å². The van der Waals surface area contributed by atoms with Crippen LogP contribution in [0.3, 0.4) is 0 Å². The van der Waals surface area contributed by atoms with Gasteiger partial charge in [0.15, 0.2) is 0 Å². The molecule has 4 atom stereocenters. The fourth-order valence-electron chi connectivity index (χ4n) is 3.37. The van der Waals surface area contributed by atoms with Crippen molar-refractivity contribution in [3.05, 3.63) is 0 Å². The van der Waals surface area contributed by atoms with Gasteiger partial charge in [-0.1, -0.05) is 0 Å². The molecule has 1 N–H and O–H groups in total. The summed E-state index contributed by atoms with van der Waals surface area (Å²) in [5, 5.41) is 3.12. The highest BCUT2D eigenvalue weighted by atomic mass is 32.2. The Balaban J connectivity index is 1.85. The molecule has 6 nitrogen and oxygen atoms in total. The molecule has 1 aliphatic carbocycles. The second-order valence-corrected chi connectivity index (χ2v) is 8.85. The molecule has 1 spiro atoms. The zero-order valence-corrected chi connectivity index (χ0v) is 14.5. The van der Waals surface area contributed by atoms with E-state index in [1.165, 1.54) is 6.42 Å². The van der Waals surface area contributed by atoms with Crippen LogP contribution in [-0.4, -0.2) is 66.5 Å². The molecule has 1 saturated carbocycles. The van der Waals surface area contributed by atoms with Crippen LogP contribution in [-0.2, 0) is 23.7 Å². The predicted molar refractivity (Wildman–Crippen MR) is 85.8 cm³/mol. The number of rotatable bonds is 4. The quantitative estimate of drug-likeness (QED) is 0.765. The zero-order valence-electron chi connectivity index (χ0n) is 12.9. The summed E-state index contributed by atoms with van der Waals surface area (Å²) in [6.45, 7) is 2.06. The van der Waals surface area contributed by atoms with Crippen molar-refractivity contribution in [1.82, 2.24) is 5.32 Å². The highest BCUT2D eigenvalue weighted by Crippen LogP contribution is 2.53. The highest BCUT2D eigenvalue weighted by molar-refractivity contribution is 8.18. The molecule has 22 heavy (non-hydrogen) atoms. The molecular formula is C14H23NO5S2. The zero-order chi connectivity index (χ0) is 15.6. The third kappa shape index (κ3) is 3.27. The predicted octanol–water partition coefficient (Wildman–Crippen LogP) is 1.19. The van der Waals surface area contributed by atoms with E-state index in [-0.39, 0.29) is 47.9 Å². The number of thioether (sulfide) groups is 2. The van der Waals surface area contributed by atoms with E-state index < -0.39 is 0 Å². The normalized spacial score (nSPS) is 37.0. The van der Waals surface area contributed by atoms with Crippen LogP contribution < -0.4 is 5.32 Å². The van der Waals surface area contributed by atoms with Crippen molar-refractivity contribution in [3.8, 4) is 0 Å². The van der Waals surface area contributed by atoms with Crippen molar-refractivity contribution in [2.24, 2.45) is 0 Å². The SMILES string of the molecule is COCO[C@@H]1CC2(SCCCS2)[C@H](NC(C)=O)[C@H]2OCO[C@@H]21. The molecule has 0 bridgehead atoms. The average Bonchev–Trinajstić information content (AvgIpc) is 2.99. The van der Waals surface area contributed by atoms with Crippen molar-refractivity contribution in [3.63, 3.8) is 0 Å². The first kappa shape index (κ1) is 16.9. The lowest BCUT2D eigenvalue weighted by atomic mass is 9.86. The van der Waals surface area contributed by atoms with E-state index in [9.17, 15) is 4.79 Å². The molecule has 3 fully saturated rings. The van der Waals surface area contributed by atoms with E-state index in [1.807, 2.05) is 23.5 Å². The number of nitrogens with one attached hydrogen (secondary N) is 1. The van der Waals surface area contributed by atoms with Gasteiger partial charge in [-0.25, -0.2) is 0 Å². The second-order valence-electron chi connectivity index (χ2n) is 5.74. The number of carbonyl (C=O) groups is 1. The van der Waals surface area contributed by atoms with E-state index >= 15 is 0 Å². The third-order valence-corrected chi connectivity index (χ3v) is 7.75. The molecule has 3 rings (SSSR count). The van der Waals surface area contributed by atoms with E-state index in [4.69, 9.17) is 18.9 Å². The molecule has 2 aliphatic heterocycles. The standard InChI is InChI=1S/C14H23NO5S2/c1-9(16)15-13-12-11(19-8-20-12)10(18-7-17-2)6-14(13)21-4-3-5-22-14/h10-13H,3-8H2,1-2H3,(H,15,16)/t10-,11-,12+,13-/m1/s1. The molecule has 3 aliphatic rings. The van der Waals surface area contributed by atoms with Crippen LogP contribution in [0.5, 0.6) is 0 Å². The monoisotopic (exact) mass is 349 g/mol. The molecule has 0 aromatic carbocycles. The maximum atomic E-state index is 11.7. The largest absolute Gasteiger partial charge is 0.359 e. The van der Waals surface area contributed by atoms with Gasteiger partial charge in [0.05, 0.1) is 16.2 Å². The lowest BCUT2D eigenvalue weighted by molar-refractivity contribution is -0.136. The minimum Gasteiger partial charge on any atom is -0.359 e. The highest BCUT2D eigenvalue weighted by Gasteiger charge is 2.58. The summed E-state index contributed by atoms with van der Waals surface area (Å²) < 4.78 is 22.4. The smallest absolute Gasteiger partial charge is 0.217 e. The van der Waals surface area contributed by atoms with Crippen molar-refractivity contribution in [2.75, 3.05) is 32.2 Å². The summed E-state index contributed by atoms with van der Waals surface area (Å²) in [6.07, 6.45) is 1.62. The summed E-state index contributed by atoms with van der Waals surface area (Å²) in [4.78, 5) is 11.7. The van der Waals surface area contributed by atoms with Gasteiger partial charge in [0, 0.05) is 20.5 Å². The maximum Gasteiger partial charge on any atom is 0.217 e. The van der Waals surface area contributed by atoms with Crippen LogP contribution in [0.25, 0.3) is 0 Å². The van der Waals surface area contributed by atoms with E-state index in [2.05, 4.69) is 5.32 Å². The average molecular weight is 349 g/mol. The molecule has 0 radical (unpaired) electrons. The second kappa shape index (κ2) is 7.27. The molecule has 0 aromatic heterocycles. The Morgan fingerprint density at radius 2 is 2.05 bits per heavy atom. The molecule has 2 saturated heterocycles. The van der Waals surface area contributed by atoms with Crippen molar-refractivity contribution in [1.29, 1.82) is 0 Å². The fraction of sp³-hybridized carbons (Fsp3) is 0.929. The first-order chi connectivity index (χ1) is 10.7. The Bertz CT molecular complexity index is 405. The Kier molecular flexibility index (Phi) is 5.57. The van der Waals surface area contributed by atoms with Gasteiger partial charge in [0.25, 0.3) is 0 Å². The first-order valence-corrected chi connectivity index (χ1v) is 9.52. The molecule has 0 unspecified atom stereocenters. The van der Waals surface area contributed by atoms with Crippen LogP contribution in [0.1, 0.15) is 19.8 Å². The number of fused-ring (bicyclic) bond motifs is 1. The van der Waals surface area contributed by atoms with Crippen LogP contribution >= 0.6 is 23.5 Å².